The van der Waals surface area contributed by atoms with E-state index < -0.39 is 77.2 Å². The zero-order valence-corrected chi connectivity index (χ0v) is 102. The number of nitrogens with zero attached hydrogens (tertiary/aromatic N) is 6. The van der Waals surface area contributed by atoms with Crippen LogP contribution in [0.15, 0.2) is 177 Å². The summed E-state index contributed by atoms with van der Waals surface area (Å²) in [5, 5.41) is 34.2. The van der Waals surface area contributed by atoms with Gasteiger partial charge in [0.2, 0.25) is 0 Å². The summed E-state index contributed by atoms with van der Waals surface area (Å²) in [6.07, 6.45) is 19.7. The number of hydrogen-bond acceptors (Lipinski definition) is 6. The second-order valence-corrected chi connectivity index (χ2v) is 51.5. The molecule has 6 aliphatic rings. The fraction of sp³-hybridized carbons (Fsp3) is 0.405. The molecule has 0 atom stereocenters. The third-order valence-electron chi connectivity index (χ3n) is 24.8. The Kier molecular flexibility index (Phi) is 45.1. The molecule has 3 N–H and O–H groups in total. The molecule has 762 valence electrons. The zero-order valence-electron chi connectivity index (χ0n) is 84.5. The molecular formula is C116H131Br6Cl2F6Mo2N6O3W-3. The Hall–Kier alpha value is -5.67. The molecule has 6 aliphatic carbocycles. The monoisotopic (exact) mass is 2690 g/mol. The number of halogens is 14. The molecule has 26 heteroatoms. The summed E-state index contributed by atoms with van der Waals surface area (Å²) in [6, 6.07) is 41.7. The van der Waals surface area contributed by atoms with Crippen molar-refractivity contribution in [1.29, 1.82) is 0 Å². The van der Waals surface area contributed by atoms with E-state index in [0.29, 0.717) is 27.3 Å². The number of fused-ring (bicyclic) bond motifs is 6. The minimum absolute atomic E-state index is 0.0128. The molecule has 0 amide bonds. The third-order valence-corrected chi connectivity index (χ3v) is 39.1. The van der Waals surface area contributed by atoms with Gasteiger partial charge in [0.1, 0.15) is 17.2 Å². The Morgan fingerprint density at radius 1 is 0.317 bits per heavy atom. The number of benzene rings is 9. The van der Waals surface area contributed by atoms with Gasteiger partial charge in [-0.25, -0.2) is 0 Å². The van der Waals surface area contributed by atoms with Gasteiger partial charge in [-0.1, -0.05) is 126 Å². The van der Waals surface area contributed by atoms with Crippen molar-refractivity contribution in [3.8, 4) is 50.6 Å². The summed E-state index contributed by atoms with van der Waals surface area (Å²) in [4.78, 5) is 12.3. The van der Waals surface area contributed by atoms with Crippen molar-refractivity contribution in [2.75, 3.05) is 0 Å². The molecular weight excluding hydrogens is 2570 g/mol. The van der Waals surface area contributed by atoms with Crippen LogP contribution < -0.4 is 15.0 Å². The zero-order chi connectivity index (χ0) is 104. The van der Waals surface area contributed by atoms with Crippen LogP contribution >= 0.6 is 119 Å². The van der Waals surface area contributed by atoms with Crippen molar-refractivity contribution in [2.24, 2.45) is 26.7 Å². The van der Waals surface area contributed by atoms with E-state index in [4.69, 9.17) is 23.2 Å². The molecule has 142 heavy (non-hydrogen) atoms. The van der Waals surface area contributed by atoms with Gasteiger partial charge < -0.3 is 30.3 Å². The molecule has 0 unspecified atom stereocenters. The summed E-state index contributed by atoms with van der Waals surface area (Å²) in [7, 11) is 0. The minimum atomic E-state index is -4.32. The van der Waals surface area contributed by atoms with Crippen LogP contribution in [0.3, 0.4) is 0 Å². The molecule has 0 radical (unpaired) electrons. The average Bonchev–Trinajstić information content (AvgIpc) is 1.17. The SMILES string of the molecule is CC(C)(C)[CH]=[Mo]=[N]c1ccccc1C(F)(F)F.CC(C)(C)[CH]=[Mo]=[N]c1ccccc1C(F)(F)F.CC(C)(C)[CH]=[W]=[N]c1c(Cl)cccc1Cl.Cc1c(Br)cc2c(c1-c1c(O)c(Br)cc3c1CCCC3)CCCC2.Cc1c(Br)cc2c(c1-c1c(O)c(Br)cc3c1CCCC3)CCCC2.Cc1c(Br)cc2c(c1-c1c(O)c(Br)cc3c1CCCC3)CCCC2.Cc1ccc(C)[n-]1.Cc1ccc(C)[n-]1.Cc1ccc(C)[n-]1. The summed E-state index contributed by atoms with van der Waals surface area (Å²) in [5.74, 6) is 1.26. The Morgan fingerprint density at radius 3 is 0.775 bits per heavy atom. The number of aromatic nitrogens is 3. The number of alkyl halides is 6. The van der Waals surface area contributed by atoms with Gasteiger partial charge in [0, 0.05) is 30.1 Å². The average molecular weight is 2700 g/mol. The Morgan fingerprint density at radius 2 is 0.549 bits per heavy atom. The second kappa shape index (κ2) is 54.2. The van der Waals surface area contributed by atoms with Crippen LogP contribution in [-0.2, 0) is 143 Å². The summed E-state index contributed by atoms with van der Waals surface area (Å²) in [6.45, 7) is 37.1. The van der Waals surface area contributed by atoms with E-state index in [-0.39, 0.29) is 27.6 Å². The Labute approximate surface area is 923 Å². The number of phenols is 3. The molecule has 0 fully saturated rings. The van der Waals surface area contributed by atoms with Crippen molar-refractivity contribution >= 4 is 149 Å². The first-order valence-electron chi connectivity index (χ1n) is 48.5. The van der Waals surface area contributed by atoms with Gasteiger partial charge in [-0.2, -0.15) is 34.2 Å². The van der Waals surface area contributed by atoms with E-state index in [1.807, 2.05) is 146 Å². The molecule has 9 nitrogen and oxygen atoms in total. The number of hydrogen-bond donors (Lipinski definition) is 3. The predicted octanol–water partition coefficient (Wildman–Crippen LogP) is 37.4. The first-order valence-corrected chi connectivity index (χ1v) is 61.2. The quantitative estimate of drug-likeness (QED) is 0.112. The predicted molar refractivity (Wildman–Crippen MR) is 591 cm³/mol. The summed E-state index contributed by atoms with van der Waals surface area (Å²) in [5.41, 5.74) is 34.5. The van der Waals surface area contributed by atoms with E-state index in [2.05, 4.69) is 203 Å². The number of phenolic OH excluding ortho intramolecular Hbond substituents is 3. The minimum Gasteiger partial charge on any atom is -0.665 e. The van der Waals surface area contributed by atoms with Gasteiger partial charge in [0.25, 0.3) is 0 Å². The molecule has 0 saturated heterocycles. The van der Waals surface area contributed by atoms with Crippen LogP contribution in [0, 0.1) is 78.6 Å². The smallest absolute Gasteiger partial charge is 0.137 e. The van der Waals surface area contributed by atoms with Crippen LogP contribution in [0.25, 0.3) is 33.4 Å². The van der Waals surface area contributed by atoms with Crippen LogP contribution in [-0.4, -0.2) is 28.5 Å². The van der Waals surface area contributed by atoms with Gasteiger partial charge in [-0.15, -0.1) is 0 Å². The maximum Gasteiger partial charge on any atom is 0.137 e. The summed E-state index contributed by atoms with van der Waals surface area (Å²) >= 11 is 31.5. The molecule has 9 aromatic carbocycles. The van der Waals surface area contributed by atoms with Crippen LogP contribution in [0.4, 0.5) is 43.4 Å². The fourth-order valence-electron chi connectivity index (χ4n) is 18.0. The topological polar surface area (TPSA) is 140 Å². The second-order valence-electron chi connectivity index (χ2n) is 40.2. The largest absolute Gasteiger partial charge is 0.665 e. The van der Waals surface area contributed by atoms with E-state index >= 15 is 0 Å². The Bertz CT molecular complexity index is 5870. The van der Waals surface area contributed by atoms with Crippen molar-refractivity contribution in [2.45, 2.75) is 291 Å². The maximum atomic E-state index is 12.7. The normalized spacial score (nSPS) is 13.9. The number of rotatable bonds is 6. The van der Waals surface area contributed by atoms with E-state index in [1.165, 1.54) is 215 Å². The molecule has 3 aromatic heterocycles. The molecule has 0 spiro atoms. The van der Waals surface area contributed by atoms with E-state index in [1.54, 1.807) is 12.1 Å². The molecule has 0 bridgehead atoms. The molecule has 0 saturated carbocycles. The van der Waals surface area contributed by atoms with Crippen molar-refractivity contribution < 1.29 is 95.4 Å². The van der Waals surface area contributed by atoms with Gasteiger partial charge >= 0.3 is 323 Å². The van der Waals surface area contributed by atoms with Gasteiger partial charge in [-0.3, -0.25) is 0 Å². The molecule has 12 aromatic rings. The van der Waals surface area contributed by atoms with Crippen molar-refractivity contribution in [1.82, 2.24) is 15.0 Å². The van der Waals surface area contributed by atoms with Crippen molar-refractivity contribution in [3.05, 3.63) is 305 Å². The first-order chi connectivity index (χ1) is 66.9. The van der Waals surface area contributed by atoms with E-state index in [0.717, 1.165) is 159 Å². The van der Waals surface area contributed by atoms with Crippen LogP contribution in [0.5, 0.6) is 17.2 Å². The van der Waals surface area contributed by atoms with Crippen LogP contribution in [0.1, 0.15) is 268 Å². The van der Waals surface area contributed by atoms with Crippen LogP contribution in [0.2, 0.25) is 10.0 Å². The molecule has 0 aliphatic heterocycles. The van der Waals surface area contributed by atoms with Gasteiger partial charge in [0.15, 0.2) is 0 Å². The standard InChI is InChI=1S/3C21H22Br2O.2C7H4F3N.C6H3Cl2N.3C6H8N.3C5H10.2Mo.W/c3*1-12-17(22)10-13-6-2-4-8-15(13)19(12)20-16-9-5-3-7-14(16)11-18(23)21(20)24;2*8-7(9,10)5-3-1-2-4-6(5)11;7-4-2-1-3-5(8)6(4)9;3*1-5-3-4-6(2)7-5;3*1-5(2,3)4;;;/h3*10-11,24H,2-9H2,1H3;2*1-4H;1-3H;3*3-4H,1-2H3;3*1H,2-4H3;;;/q;;;;;;3*-1;;;;;;. The first kappa shape index (κ1) is 118. The van der Waals surface area contributed by atoms with E-state index in [9.17, 15) is 41.7 Å². The maximum absolute atomic E-state index is 12.7. The fourth-order valence-corrected chi connectivity index (χ4v) is 27.3. The van der Waals surface area contributed by atoms with Crippen molar-refractivity contribution in [3.63, 3.8) is 0 Å². The van der Waals surface area contributed by atoms with Gasteiger partial charge in [-0.05, 0) is 359 Å². The number of aromatic hydroxyl groups is 3. The summed E-state index contributed by atoms with van der Waals surface area (Å²) < 4.78 is 101. The third kappa shape index (κ3) is 34.2. The molecule has 3 heterocycles. The molecule has 18 rings (SSSR count). The van der Waals surface area contributed by atoms with Gasteiger partial charge in [0.05, 0.1) is 13.4 Å². The number of aryl methyl sites for hydroxylation is 12. The Balaban J connectivity index is 0.000000169.